The molecule has 11 nitrogen and oxygen atoms in total. The third-order valence-electron chi connectivity index (χ3n) is 1.73. The molecule has 2 amide bonds. The minimum Gasteiger partial charge on any atom is -0.368 e. The van der Waals surface area contributed by atoms with Gasteiger partial charge in [0.25, 0.3) is 9.76 Å². The summed E-state index contributed by atoms with van der Waals surface area (Å²) in [4.78, 5) is 22.4. The normalized spacial score (nSPS) is 10.2. The van der Waals surface area contributed by atoms with Crippen molar-refractivity contribution in [2.75, 3.05) is 23.3 Å². The summed E-state index contributed by atoms with van der Waals surface area (Å²) < 4.78 is 4.26. The SMILES string of the molecule is Nc1nc(N)nc(NC(=O)NCCC[Si]OOO)n1. The molecule has 2 radical (unpaired) electrons. The number of amides is 2. The number of aromatic nitrogens is 3. The zero-order valence-corrected chi connectivity index (χ0v) is 10.8. The van der Waals surface area contributed by atoms with Crippen molar-refractivity contribution in [3.8, 4) is 0 Å². The lowest BCUT2D eigenvalue weighted by Gasteiger charge is -2.06. The molecule has 104 valence electrons. The van der Waals surface area contributed by atoms with Crippen LogP contribution in [0, 0.1) is 0 Å². The van der Waals surface area contributed by atoms with E-state index in [-0.39, 0.29) is 27.6 Å². The van der Waals surface area contributed by atoms with Gasteiger partial charge in [0, 0.05) is 6.54 Å². The highest BCUT2D eigenvalue weighted by atomic mass is 28.2. The lowest BCUT2D eigenvalue weighted by molar-refractivity contribution is -0.442. The van der Waals surface area contributed by atoms with Gasteiger partial charge in [0.2, 0.25) is 17.8 Å². The molecule has 1 aromatic heterocycles. The molecule has 12 heteroatoms. The summed E-state index contributed by atoms with van der Waals surface area (Å²) in [7, 11) is -0.00422. The summed E-state index contributed by atoms with van der Waals surface area (Å²) in [6.07, 6.45) is 0.650. The van der Waals surface area contributed by atoms with Gasteiger partial charge in [-0.3, -0.25) is 9.89 Å². The number of nitrogen functional groups attached to an aromatic ring is 2. The molecule has 1 heterocycles. The van der Waals surface area contributed by atoms with Crippen LogP contribution in [0.2, 0.25) is 6.04 Å². The lowest BCUT2D eigenvalue weighted by Crippen LogP contribution is -2.30. The fourth-order valence-corrected chi connectivity index (χ4v) is 1.50. The highest BCUT2D eigenvalue weighted by Gasteiger charge is 2.06. The standard InChI is InChI=1S/C7H13N7O4Si/c8-4-11-5(9)13-6(12-4)14-7(15)10-2-1-3-19-18-17-16/h16H,1-3H2,(H6,8,9,10,11,12,13,14,15). The first kappa shape index (κ1) is 15.0. The van der Waals surface area contributed by atoms with Crippen LogP contribution in [0.15, 0.2) is 0 Å². The Hall–Kier alpha value is -2.02. The Morgan fingerprint density at radius 1 is 1.32 bits per heavy atom. The molecule has 0 aliphatic heterocycles. The van der Waals surface area contributed by atoms with Crippen LogP contribution >= 0.6 is 0 Å². The molecule has 0 aliphatic carbocycles. The maximum Gasteiger partial charge on any atom is 0.321 e. The Bertz CT molecular complexity index is 400. The highest BCUT2D eigenvalue weighted by Crippen LogP contribution is 2.02. The molecule has 0 aliphatic rings. The van der Waals surface area contributed by atoms with E-state index in [2.05, 4.69) is 35.2 Å². The van der Waals surface area contributed by atoms with E-state index in [0.29, 0.717) is 19.0 Å². The van der Waals surface area contributed by atoms with Crippen LogP contribution in [0.5, 0.6) is 0 Å². The van der Waals surface area contributed by atoms with Gasteiger partial charge in [-0.15, -0.1) is 0 Å². The second-order valence-electron chi connectivity index (χ2n) is 3.16. The quantitative estimate of drug-likeness (QED) is 0.183. The van der Waals surface area contributed by atoms with Gasteiger partial charge in [-0.1, -0.05) is 5.04 Å². The topological polar surface area (TPSA) is 171 Å². The molecule has 7 N–H and O–H groups in total. The average molecular weight is 287 g/mol. The zero-order valence-electron chi connectivity index (χ0n) is 9.79. The van der Waals surface area contributed by atoms with E-state index in [4.69, 9.17) is 16.7 Å². The number of hydrogen-bond acceptors (Lipinski definition) is 9. The monoisotopic (exact) mass is 287 g/mol. The van der Waals surface area contributed by atoms with Crippen molar-refractivity contribution < 1.29 is 19.7 Å². The van der Waals surface area contributed by atoms with Crippen LogP contribution in [-0.2, 0) is 9.61 Å². The van der Waals surface area contributed by atoms with E-state index in [1.807, 2.05) is 0 Å². The second-order valence-corrected chi connectivity index (χ2v) is 4.12. The maximum absolute atomic E-state index is 11.4. The van der Waals surface area contributed by atoms with E-state index < -0.39 is 6.03 Å². The number of anilines is 3. The van der Waals surface area contributed by atoms with Gasteiger partial charge < -0.3 is 16.8 Å². The molecule has 0 bridgehead atoms. The minimum atomic E-state index is -0.493. The van der Waals surface area contributed by atoms with E-state index >= 15 is 0 Å². The number of nitrogens with two attached hydrogens (primary N) is 2. The Labute approximate surface area is 110 Å². The number of rotatable bonds is 7. The van der Waals surface area contributed by atoms with Gasteiger partial charge in [-0.25, -0.2) is 10.1 Å². The van der Waals surface area contributed by atoms with Crippen molar-refractivity contribution in [2.45, 2.75) is 12.5 Å². The minimum absolute atomic E-state index is 0.00422. The van der Waals surface area contributed by atoms with Crippen molar-refractivity contribution >= 4 is 33.6 Å². The Morgan fingerprint density at radius 3 is 2.63 bits per heavy atom. The third-order valence-corrected chi connectivity index (χ3v) is 2.48. The molecule has 0 spiro atoms. The summed E-state index contributed by atoms with van der Waals surface area (Å²) in [5.74, 6) is -0.184. The van der Waals surface area contributed by atoms with E-state index in [1.165, 1.54) is 0 Å². The first-order valence-electron chi connectivity index (χ1n) is 5.13. The zero-order chi connectivity index (χ0) is 14.1. The van der Waals surface area contributed by atoms with Crippen LogP contribution in [0.3, 0.4) is 0 Å². The first-order chi connectivity index (χ1) is 9.11. The predicted molar refractivity (Wildman–Crippen MR) is 65.6 cm³/mol. The van der Waals surface area contributed by atoms with Crippen molar-refractivity contribution in [1.29, 1.82) is 0 Å². The number of urea groups is 1. The van der Waals surface area contributed by atoms with Crippen LogP contribution < -0.4 is 22.1 Å². The van der Waals surface area contributed by atoms with E-state index in [1.54, 1.807) is 0 Å². The molecular formula is C7H13N7O4Si. The van der Waals surface area contributed by atoms with E-state index in [0.717, 1.165) is 0 Å². The van der Waals surface area contributed by atoms with Crippen LogP contribution in [0.25, 0.3) is 0 Å². The fourth-order valence-electron chi connectivity index (χ4n) is 1.04. The average Bonchev–Trinajstić information content (AvgIpc) is 2.32. The highest BCUT2D eigenvalue weighted by molar-refractivity contribution is 6.26. The first-order valence-corrected chi connectivity index (χ1v) is 6.25. The largest absolute Gasteiger partial charge is 0.368 e. The molecule has 0 atom stereocenters. The molecule has 0 aromatic carbocycles. The Morgan fingerprint density at radius 2 is 2.00 bits per heavy atom. The number of nitrogens with zero attached hydrogens (tertiary/aromatic N) is 3. The molecule has 0 unspecified atom stereocenters. The molecule has 19 heavy (non-hydrogen) atoms. The van der Waals surface area contributed by atoms with Crippen LogP contribution in [-0.4, -0.2) is 42.5 Å². The van der Waals surface area contributed by atoms with Gasteiger partial charge in [-0.2, -0.15) is 15.0 Å². The summed E-state index contributed by atoms with van der Waals surface area (Å²) in [5.41, 5.74) is 10.7. The van der Waals surface area contributed by atoms with Crippen LogP contribution in [0.1, 0.15) is 6.42 Å². The predicted octanol–water partition coefficient (Wildman–Crippen LogP) is -0.994. The van der Waals surface area contributed by atoms with Crippen molar-refractivity contribution in [3.05, 3.63) is 0 Å². The number of carbonyl (C=O) groups is 1. The molecule has 1 rings (SSSR count). The number of carbonyl (C=O) groups excluding carboxylic acids is 1. The third kappa shape index (κ3) is 6.46. The fraction of sp³-hybridized carbons (Fsp3) is 0.429. The molecule has 0 saturated carbocycles. The molecule has 1 aromatic rings. The summed E-state index contributed by atoms with van der Waals surface area (Å²) in [6, 6.07) is 0.139. The number of hydrogen-bond donors (Lipinski definition) is 5. The van der Waals surface area contributed by atoms with Gasteiger partial charge in [-0.05, 0) is 12.5 Å². The second kappa shape index (κ2) is 8.14. The summed E-state index contributed by atoms with van der Waals surface area (Å²) in [5, 5.41) is 16.2. The smallest absolute Gasteiger partial charge is 0.321 e. The van der Waals surface area contributed by atoms with Gasteiger partial charge in [0.05, 0.1) is 0 Å². The van der Waals surface area contributed by atoms with E-state index in [9.17, 15) is 4.79 Å². The van der Waals surface area contributed by atoms with Gasteiger partial charge in [0.15, 0.2) is 0 Å². The van der Waals surface area contributed by atoms with Crippen LogP contribution in [0.4, 0.5) is 22.6 Å². The molecule has 0 saturated heterocycles. The van der Waals surface area contributed by atoms with Gasteiger partial charge in [0.1, 0.15) is 0 Å². The Kier molecular flexibility index (Phi) is 6.45. The molecule has 0 fully saturated rings. The van der Waals surface area contributed by atoms with Crippen molar-refractivity contribution in [1.82, 2.24) is 20.3 Å². The summed E-state index contributed by atoms with van der Waals surface area (Å²) in [6.45, 7) is 0.406. The Balaban J connectivity index is 2.23. The summed E-state index contributed by atoms with van der Waals surface area (Å²) >= 11 is 0. The lowest BCUT2D eigenvalue weighted by atomic mass is 10.5. The molecular weight excluding hydrogens is 274 g/mol. The van der Waals surface area contributed by atoms with Crippen molar-refractivity contribution in [2.24, 2.45) is 0 Å². The number of nitrogens with one attached hydrogen (secondary N) is 2. The van der Waals surface area contributed by atoms with Gasteiger partial charge >= 0.3 is 6.03 Å². The van der Waals surface area contributed by atoms with Crippen molar-refractivity contribution in [3.63, 3.8) is 0 Å². The maximum atomic E-state index is 11.4.